The summed E-state index contributed by atoms with van der Waals surface area (Å²) in [6.07, 6.45) is 49.3. The highest BCUT2D eigenvalue weighted by Gasteiger charge is 2.26. The predicted molar refractivity (Wildman–Crippen MR) is 229 cm³/mol. The first-order valence-electron chi connectivity index (χ1n) is 21.4. The van der Waals surface area contributed by atoms with Gasteiger partial charge in [-0.25, -0.2) is 4.57 Å². The lowest BCUT2D eigenvalue weighted by atomic mass is 10.1. The Kier molecular flexibility index (Phi) is 39.2. The third-order valence-electron chi connectivity index (χ3n) is 8.58. The highest BCUT2D eigenvalue weighted by atomic mass is 31.2. The molecule has 0 aromatic heterocycles. The van der Waals surface area contributed by atoms with Crippen LogP contribution in [0.4, 0.5) is 0 Å². The van der Waals surface area contributed by atoms with Crippen LogP contribution in [0.15, 0.2) is 72.9 Å². The van der Waals surface area contributed by atoms with E-state index < -0.39 is 32.5 Å². The second-order valence-corrected chi connectivity index (χ2v) is 15.3. The Hall–Kier alpha value is -2.55. The van der Waals surface area contributed by atoms with Crippen molar-refractivity contribution < 1.29 is 37.6 Å². The zero-order valence-electron chi connectivity index (χ0n) is 34.6. The van der Waals surface area contributed by atoms with Gasteiger partial charge in [-0.05, 0) is 83.5 Å². The molecule has 316 valence electrons. The molecule has 9 nitrogen and oxygen atoms in total. The average molecular weight is 792 g/mol. The minimum atomic E-state index is -4.39. The molecule has 0 aliphatic carbocycles. The molecule has 0 rings (SSSR count). The topological polar surface area (TPSA) is 134 Å². The Bertz CT molecular complexity index is 1130. The van der Waals surface area contributed by atoms with Crippen molar-refractivity contribution in [3.05, 3.63) is 72.9 Å². The van der Waals surface area contributed by atoms with Crippen molar-refractivity contribution in [1.29, 1.82) is 0 Å². The summed E-state index contributed by atoms with van der Waals surface area (Å²) in [6, 6.07) is 0. The van der Waals surface area contributed by atoms with Gasteiger partial charge in [-0.1, -0.05) is 145 Å². The second-order valence-electron chi connectivity index (χ2n) is 13.8. The van der Waals surface area contributed by atoms with E-state index in [1.807, 2.05) is 0 Å². The second kappa shape index (κ2) is 41.1. The van der Waals surface area contributed by atoms with E-state index in [0.717, 1.165) is 83.5 Å². The fraction of sp³-hybridized carbons (Fsp3) is 0.689. The van der Waals surface area contributed by atoms with Gasteiger partial charge in [-0.3, -0.25) is 18.6 Å². The van der Waals surface area contributed by atoms with Gasteiger partial charge in [0.2, 0.25) is 0 Å². The number of allylic oxidation sites excluding steroid dienone is 12. The van der Waals surface area contributed by atoms with E-state index in [4.69, 9.17) is 24.3 Å². The van der Waals surface area contributed by atoms with Crippen LogP contribution in [0, 0.1) is 0 Å². The summed E-state index contributed by atoms with van der Waals surface area (Å²) in [6.45, 7) is 3.55. The van der Waals surface area contributed by atoms with Crippen LogP contribution in [-0.4, -0.2) is 49.3 Å². The molecule has 0 radical (unpaired) electrons. The number of phosphoric ester groups is 1. The Labute approximate surface area is 335 Å². The number of carbonyl (C=O) groups is 2. The quantitative estimate of drug-likeness (QED) is 0.0270. The molecule has 1 unspecified atom stereocenters. The minimum Gasteiger partial charge on any atom is -0.462 e. The van der Waals surface area contributed by atoms with Gasteiger partial charge in [0.05, 0.1) is 13.2 Å². The molecule has 0 aliphatic rings. The summed E-state index contributed by atoms with van der Waals surface area (Å²) >= 11 is 0. The zero-order valence-corrected chi connectivity index (χ0v) is 35.5. The first kappa shape index (κ1) is 52.5. The average Bonchev–Trinajstić information content (AvgIpc) is 3.17. The molecule has 3 N–H and O–H groups in total. The van der Waals surface area contributed by atoms with Gasteiger partial charge >= 0.3 is 19.8 Å². The molecule has 55 heavy (non-hydrogen) atoms. The van der Waals surface area contributed by atoms with Crippen LogP contribution in [0.25, 0.3) is 0 Å². The van der Waals surface area contributed by atoms with Crippen molar-refractivity contribution in [2.75, 3.05) is 26.4 Å². The van der Waals surface area contributed by atoms with Gasteiger partial charge in [0, 0.05) is 19.4 Å². The normalized spacial score (nSPS) is 14.0. The molecule has 0 bridgehead atoms. The fourth-order valence-corrected chi connectivity index (χ4v) is 6.18. The molecular weight excluding hydrogens is 713 g/mol. The molecule has 0 heterocycles. The molecule has 2 atom stereocenters. The molecule has 0 saturated heterocycles. The third kappa shape index (κ3) is 40.9. The van der Waals surface area contributed by atoms with Crippen LogP contribution in [0.1, 0.15) is 168 Å². The summed E-state index contributed by atoms with van der Waals surface area (Å²) in [5.41, 5.74) is 5.34. The van der Waals surface area contributed by atoms with E-state index in [-0.39, 0.29) is 32.6 Å². The lowest BCUT2D eigenvalue weighted by molar-refractivity contribution is -0.161. The number of unbranched alkanes of at least 4 members (excludes halogenated alkanes) is 14. The van der Waals surface area contributed by atoms with Crippen molar-refractivity contribution in [1.82, 2.24) is 0 Å². The Morgan fingerprint density at radius 3 is 1.53 bits per heavy atom. The van der Waals surface area contributed by atoms with Gasteiger partial charge < -0.3 is 20.1 Å². The number of nitrogens with two attached hydrogens (primary N) is 1. The van der Waals surface area contributed by atoms with Crippen LogP contribution in [0.5, 0.6) is 0 Å². The molecule has 0 aromatic carbocycles. The van der Waals surface area contributed by atoms with Crippen LogP contribution in [0.3, 0.4) is 0 Å². The summed E-state index contributed by atoms with van der Waals surface area (Å²) in [5, 5.41) is 0. The van der Waals surface area contributed by atoms with Gasteiger partial charge in [-0.15, -0.1) is 0 Å². The lowest BCUT2D eigenvalue weighted by Gasteiger charge is -2.19. The summed E-state index contributed by atoms with van der Waals surface area (Å²) in [5.74, 6) is -0.882. The molecule has 0 fully saturated rings. The maximum absolute atomic E-state index is 12.6. The molecule has 0 aliphatic heterocycles. The molecule has 0 aromatic rings. The van der Waals surface area contributed by atoms with Gasteiger partial charge in [0.15, 0.2) is 6.10 Å². The van der Waals surface area contributed by atoms with E-state index >= 15 is 0 Å². The number of carbonyl (C=O) groups excluding carboxylic acids is 2. The molecule has 0 saturated carbocycles. The highest BCUT2D eigenvalue weighted by molar-refractivity contribution is 7.47. The van der Waals surface area contributed by atoms with Gasteiger partial charge in [-0.2, -0.15) is 0 Å². The van der Waals surface area contributed by atoms with E-state index in [1.165, 1.54) is 44.9 Å². The summed E-state index contributed by atoms with van der Waals surface area (Å²) in [7, 11) is -4.39. The summed E-state index contributed by atoms with van der Waals surface area (Å²) in [4.78, 5) is 34.8. The Balaban J connectivity index is 4.25. The highest BCUT2D eigenvalue weighted by Crippen LogP contribution is 2.43. The lowest BCUT2D eigenvalue weighted by Crippen LogP contribution is -2.29. The van der Waals surface area contributed by atoms with Crippen molar-refractivity contribution in [2.45, 2.75) is 174 Å². The summed E-state index contributed by atoms with van der Waals surface area (Å²) < 4.78 is 32.7. The minimum absolute atomic E-state index is 0.0439. The fourth-order valence-electron chi connectivity index (χ4n) is 5.42. The first-order valence-corrected chi connectivity index (χ1v) is 22.9. The monoisotopic (exact) mass is 792 g/mol. The van der Waals surface area contributed by atoms with Gasteiger partial charge in [0.25, 0.3) is 0 Å². The van der Waals surface area contributed by atoms with Crippen molar-refractivity contribution in [3.63, 3.8) is 0 Å². The predicted octanol–water partition coefficient (Wildman–Crippen LogP) is 12.3. The van der Waals surface area contributed by atoms with E-state index in [2.05, 4.69) is 86.8 Å². The number of hydrogen-bond acceptors (Lipinski definition) is 8. The van der Waals surface area contributed by atoms with Gasteiger partial charge in [0.1, 0.15) is 6.61 Å². The third-order valence-corrected chi connectivity index (χ3v) is 9.56. The Morgan fingerprint density at radius 1 is 0.564 bits per heavy atom. The van der Waals surface area contributed by atoms with E-state index in [9.17, 15) is 19.0 Å². The number of esters is 2. The Morgan fingerprint density at radius 2 is 1.00 bits per heavy atom. The van der Waals surface area contributed by atoms with Crippen LogP contribution >= 0.6 is 7.82 Å². The smallest absolute Gasteiger partial charge is 0.462 e. The maximum Gasteiger partial charge on any atom is 0.472 e. The van der Waals surface area contributed by atoms with Crippen LogP contribution in [0.2, 0.25) is 0 Å². The van der Waals surface area contributed by atoms with Crippen molar-refractivity contribution in [2.24, 2.45) is 5.73 Å². The first-order chi connectivity index (χ1) is 26.8. The van der Waals surface area contributed by atoms with E-state index in [1.54, 1.807) is 0 Å². The van der Waals surface area contributed by atoms with E-state index in [0.29, 0.717) is 12.8 Å². The molecule has 10 heteroatoms. The zero-order chi connectivity index (χ0) is 40.3. The molecule has 0 spiro atoms. The number of phosphoric acid groups is 1. The molecule has 0 amide bonds. The SMILES string of the molecule is CCC=CCC=CCC=CCC=CCC=CCCCCCC(=O)OC[C@H](COP(=O)(O)OCCN)OC(=O)CCCCCCCC=CCCCCCCCC. The largest absolute Gasteiger partial charge is 0.472 e. The standard InChI is InChI=1S/C45H78NO8P/c1-3-5-7-9-11-13-15-17-19-20-21-22-24-25-27-29-31-33-35-37-44(47)51-41-43(42-53-55(49,50)52-40-39-46)54-45(48)38-36-34-32-30-28-26-23-18-16-14-12-10-8-6-4-2/h5,7,11,13,17-19,21-23,25,27,43H,3-4,6,8-10,12,14-16,20,24,26,28-42,46H2,1-2H3,(H,49,50)/t43-/m1/s1. The van der Waals surface area contributed by atoms with Crippen LogP contribution in [-0.2, 0) is 32.7 Å². The number of hydrogen-bond donors (Lipinski definition) is 2. The van der Waals surface area contributed by atoms with Crippen molar-refractivity contribution in [3.8, 4) is 0 Å². The molecular formula is C45H78NO8P. The maximum atomic E-state index is 12.6. The number of rotatable bonds is 39. The van der Waals surface area contributed by atoms with Crippen molar-refractivity contribution >= 4 is 19.8 Å². The van der Waals surface area contributed by atoms with Crippen LogP contribution < -0.4 is 5.73 Å². The number of ether oxygens (including phenoxy) is 2.